The molecule has 0 spiro atoms. The van der Waals surface area contributed by atoms with Crippen LogP contribution in [0.1, 0.15) is 27.9 Å². The molecule has 0 bridgehead atoms. The SMILES string of the molecule is Cc1ccc(C)c(C(=O)CCN)c1. The van der Waals surface area contributed by atoms with Crippen molar-refractivity contribution in [2.45, 2.75) is 20.3 Å². The predicted octanol–water partition coefficient (Wildman–Crippen LogP) is 1.83. The number of rotatable bonds is 3. The molecule has 0 saturated heterocycles. The Morgan fingerprint density at radius 2 is 2.08 bits per heavy atom. The second kappa shape index (κ2) is 4.19. The summed E-state index contributed by atoms with van der Waals surface area (Å²) in [7, 11) is 0. The fourth-order valence-corrected chi connectivity index (χ4v) is 1.30. The van der Waals surface area contributed by atoms with E-state index in [1.807, 2.05) is 32.0 Å². The zero-order valence-corrected chi connectivity index (χ0v) is 8.13. The van der Waals surface area contributed by atoms with Crippen LogP contribution in [0.25, 0.3) is 0 Å². The summed E-state index contributed by atoms with van der Waals surface area (Å²) in [6.45, 7) is 4.36. The first-order chi connectivity index (χ1) is 6.15. The van der Waals surface area contributed by atoms with Crippen LogP contribution >= 0.6 is 0 Å². The van der Waals surface area contributed by atoms with Crippen LogP contribution < -0.4 is 5.73 Å². The number of nitrogens with two attached hydrogens (primary N) is 1. The van der Waals surface area contributed by atoms with E-state index in [-0.39, 0.29) is 5.78 Å². The number of aryl methyl sites for hydroxylation is 2. The molecule has 1 aromatic carbocycles. The van der Waals surface area contributed by atoms with Gasteiger partial charge in [-0.25, -0.2) is 0 Å². The normalized spacial score (nSPS) is 10.1. The van der Waals surface area contributed by atoms with Crippen LogP contribution in [0.5, 0.6) is 0 Å². The third kappa shape index (κ3) is 2.39. The van der Waals surface area contributed by atoms with Crippen molar-refractivity contribution in [1.29, 1.82) is 0 Å². The van der Waals surface area contributed by atoms with Gasteiger partial charge in [0.05, 0.1) is 0 Å². The summed E-state index contributed by atoms with van der Waals surface area (Å²) in [5.41, 5.74) is 8.29. The van der Waals surface area contributed by atoms with Crippen molar-refractivity contribution in [2.24, 2.45) is 5.73 Å². The maximum absolute atomic E-state index is 11.5. The van der Waals surface area contributed by atoms with Gasteiger partial charge in [-0.05, 0) is 32.0 Å². The minimum absolute atomic E-state index is 0.142. The average Bonchev–Trinajstić information content (AvgIpc) is 2.09. The Morgan fingerprint density at radius 3 is 2.69 bits per heavy atom. The van der Waals surface area contributed by atoms with E-state index in [9.17, 15) is 4.79 Å². The highest BCUT2D eigenvalue weighted by Crippen LogP contribution is 2.12. The molecule has 0 aliphatic heterocycles. The summed E-state index contributed by atoms with van der Waals surface area (Å²) in [5, 5.41) is 0. The molecule has 0 aromatic heterocycles. The first-order valence-electron chi connectivity index (χ1n) is 4.45. The highest BCUT2D eigenvalue weighted by molar-refractivity contribution is 5.97. The summed E-state index contributed by atoms with van der Waals surface area (Å²) in [6.07, 6.45) is 0.435. The molecule has 0 fully saturated rings. The molecule has 0 unspecified atom stereocenters. The van der Waals surface area contributed by atoms with Gasteiger partial charge in [-0.1, -0.05) is 17.7 Å². The lowest BCUT2D eigenvalue weighted by Crippen LogP contribution is -2.09. The predicted molar refractivity (Wildman–Crippen MR) is 53.9 cm³/mol. The van der Waals surface area contributed by atoms with Gasteiger partial charge in [0, 0.05) is 12.0 Å². The van der Waals surface area contributed by atoms with Crippen LogP contribution in [0.4, 0.5) is 0 Å². The summed E-state index contributed by atoms with van der Waals surface area (Å²) in [5.74, 6) is 0.142. The standard InChI is InChI=1S/C11H15NO/c1-8-3-4-9(2)10(7-8)11(13)5-6-12/h3-4,7H,5-6,12H2,1-2H3. The lowest BCUT2D eigenvalue weighted by Gasteiger charge is -2.04. The minimum atomic E-state index is 0.142. The third-order valence-electron chi connectivity index (χ3n) is 2.06. The largest absolute Gasteiger partial charge is 0.330 e. The molecule has 13 heavy (non-hydrogen) atoms. The molecule has 70 valence electrons. The zero-order valence-electron chi connectivity index (χ0n) is 8.13. The monoisotopic (exact) mass is 177 g/mol. The van der Waals surface area contributed by atoms with Gasteiger partial charge < -0.3 is 5.73 Å². The summed E-state index contributed by atoms with van der Waals surface area (Å²) < 4.78 is 0. The molecule has 2 nitrogen and oxygen atoms in total. The Kier molecular flexibility index (Phi) is 3.20. The van der Waals surface area contributed by atoms with E-state index in [0.717, 1.165) is 16.7 Å². The maximum Gasteiger partial charge on any atom is 0.164 e. The molecule has 2 N–H and O–H groups in total. The molecule has 0 aliphatic carbocycles. The Balaban J connectivity index is 2.99. The number of hydrogen-bond acceptors (Lipinski definition) is 2. The number of Topliss-reactive ketones (excluding diaryl/α,β-unsaturated/α-hetero) is 1. The van der Waals surface area contributed by atoms with Crippen molar-refractivity contribution in [2.75, 3.05) is 6.54 Å². The molecule has 0 heterocycles. The van der Waals surface area contributed by atoms with Gasteiger partial charge in [0.1, 0.15) is 0 Å². The highest BCUT2D eigenvalue weighted by Gasteiger charge is 2.07. The quantitative estimate of drug-likeness (QED) is 0.716. The number of benzene rings is 1. The van der Waals surface area contributed by atoms with E-state index in [4.69, 9.17) is 5.73 Å². The van der Waals surface area contributed by atoms with Crippen LogP contribution in [0.2, 0.25) is 0 Å². The van der Waals surface area contributed by atoms with E-state index in [1.165, 1.54) is 0 Å². The molecule has 1 aromatic rings. The van der Waals surface area contributed by atoms with Crippen molar-refractivity contribution in [3.63, 3.8) is 0 Å². The fraction of sp³-hybridized carbons (Fsp3) is 0.364. The molecule has 0 aliphatic rings. The molecule has 2 heteroatoms. The summed E-state index contributed by atoms with van der Waals surface area (Å²) >= 11 is 0. The van der Waals surface area contributed by atoms with Crippen molar-refractivity contribution in [3.8, 4) is 0 Å². The topological polar surface area (TPSA) is 43.1 Å². The minimum Gasteiger partial charge on any atom is -0.330 e. The van der Waals surface area contributed by atoms with Gasteiger partial charge in [-0.15, -0.1) is 0 Å². The maximum atomic E-state index is 11.5. The van der Waals surface area contributed by atoms with Crippen LogP contribution in [0.15, 0.2) is 18.2 Å². The lowest BCUT2D eigenvalue weighted by molar-refractivity contribution is 0.0985. The van der Waals surface area contributed by atoms with Crippen LogP contribution in [-0.2, 0) is 0 Å². The number of carbonyl (C=O) groups excluding carboxylic acids is 1. The Hall–Kier alpha value is -1.15. The highest BCUT2D eigenvalue weighted by atomic mass is 16.1. The number of hydrogen-bond donors (Lipinski definition) is 1. The van der Waals surface area contributed by atoms with Crippen molar-refractivity contribution in [3.05, 3.63) is 34.9 Å². The van der Waals surface area contributed by atoms with E-state index in [0.29, 0.717) is 13.0 Å². The summed E-state index contributed by atoms with van der Waals surface area (Å²) in [6, 6.07) is 5.90. The van der Waals surface area contributed by atoms with Gasteiger partial charge in [-0.3, -0.25) is 4.79 Å². The van der Waals surface area contributed by atoms with Crippen LogP contribution in [0, 0.1) is 13.8 Å². The van der Waals surface area contributed by atoms with E-state index >= 15 is 0 Å². The van der Waals surface area contributed by atoms with Crippen molar-refractivity contribution >= 4 is 5.78 Å². The Morgan fingerprint density at radius 1 is 1.38 bits per heavy atom. The third-order valence-corrected chi connectivity index (χ3v) is 2.06. The average molecular weight is 177 g/mol. The molecule has 0 atom stereocenters. The fourth-order valence-electron chi connectivity index (χ4n) is 1.30. The van der Waals surface area contributed by atoms with E-state index in [2.05, 4.69) is 0 Å². The van der Waals surface area contributed by atoms with Gasteiger partial charge in [0.25, 0.3) is 0 Å². The molecular weight excluding hydrogens is 162 g/mol. The van der Waals surface area contributed by atoms with E-state index in [1.54, 1.807) is 0 Å². The van der Waals surface area contributed by atoms with Gasteiger partial charge in [0.2, 0.25) is 0 Å². The Bertz CT molecular complexity index is 318. The van der Waals surface area contributed by atoms with Gasteiger partial charge in [0.15, 0.2) is 5.78 Å². The van der Waals surface area contributed by atoms with Gasteiger partial charge in [-0.2, -0.15) is 0 Å². The molecule has 0 saturated carbocycles. The molecule has 1 rings (SSSR count). The summed E-state index contributed by atoms with van der Waals surface area (Å²) in [4.78, 5) is 11.5. The molecule has 0 amide bonds. The van der Waals surface area contributed by atoms with Crippen molar-refractivity contribution in [1.82, 2.24) is 0 Å². The number of carbonyl (C=O) groups is 1. The lowest BCUT2D eigenvalue weighted by atomic mass is 10.0. The first kappa shape index (κ1) is 9.93. The molecule has 0 radical (unpaired) electrons. The smallest absolute Gasteiger partial charge is 0.164 e. The Labute approximate surface area is 78.8 Å². The number of ketones is 1. The second-order valence-electron chi connectivity index (χ2n) is 3.28. The molecular formula is C11H15NO. The second-order valence-corrected chi connectivity index (χ2v) is 3.28. The van der Waals surface area contributed by atoms with Crippen LogP contribution in [0.3, 0.4) is 0 Å². The van der Waals surface area contributed by atoms with Crippen LogP contribution in [-0.4, -0.2) is 12.3 Å². The first-order valence-corrected chi connectivity index (χ1v) is 4.45. The van der Waals surface area contributed by atoms with Crippen molar-refractivity contribution < 1.29 is 4.79 Å². The van der Waals surface area contributed by atoms with E-state index < -0.39 is 0 Å². The zero-order chi connectivity index (χ0) is 9.84. The van der Waals surface area contributed by atoms with Gasteiger partial charge >= 0.3 is 0 Å².